The third kappa shape index (κ3) is 8.76. The second-order valence-corrected chi connectivity index (χ2v) is 7.30. The molecule has 0 heterocycles. The number of esters is 2. The monoisotopic (exact) mass is 363 g/mol. The van der Waals surface area contributed by atoms with E-state index in [4.69, 9.17) is 9.47 Å². The second-order valence-electron chi connectivity index (χ2n) is 5.71. The van der Waals surface area contributed by atoms with Gasteiger partial charge >= 0.3 is 17.2 Å². The van der Waals surface area contributed by atoms with Crippen molar-refractivity contribution in [2.24, 2.45) is 0 Å². The minimum absolute atomic E-state index is 0.168. The number of rotatable bonds is 8. The van der Waals surface area contributed by atoms with E-state index >= 15 is 0 Å². The summed E-state index contributed by atoms with van der Waals surface area (Å²) >= 11 is 0.699. The van der Waals surface area contributed by atoms with Gasteiger partial charge in [0.15, 0.2) is 0 Å². The van der Waals surface area contributed by atoms with Crippen molar-refractivity contribution in [3.8, 4) is 0 Å². The van der Waals surface area contributed by atoms with Crippen molar-refractivity contribution in [2.75, 3.05) is 6.79 Å². The quantitative estimate of drug-likeness (QED) is 0.515. The summed E-state index contributed by atoms with van der Waals surface area (Å²) in [5.74, 6) is -1.58. The highest BCUT2D eigenvalue weighted by atomic mass is 32.2. The van der Waals surface area contributed by atoms with Crippen molar-refractivity contribution in [1.29, 1.82) is 0 Å². The largest absolute Gasteiger partial charge is 0.461 e. The highest BCUT2D eigenvalue weighted by Crippen LogP contribution is 2.31. The zero-order valence-corrected chi connectivity index (χ0v) is 15.7. The van der Waals surface area contributed by atoms with Gasteiger partial charge in [-0.15, -0.1) is 0 Å². The van der Waals surface area contributed by atoms with Gasteiger partial charge in [-0.1, -0.05) is 6.92 Å². The number of carbonyl (C=O) groups is 4. The van der Waals surface area contributed by atoms with Crippen molar-refractivity contribution in [3.05, 3.63) is 0 Å². The zero-order chi connectivity index (χ0) is 18.9. The van der Waals surface area contributed by atoms with Crippen LogP contribution in [0, 0.1) is 0 Å². The molecule has 0 aliphatic rings. The lowest BCUT2D eigenvalue weighted by Crippen LogP contribution is -2.53. The molecule has 1 N–H and O–H groups in total. The average Bonchev–Trinajstić information content (AvgIpc) is 2.42. The summed E-state index contributed by atoms with van der Waals surface area (Å²) in [6.45, 7) is 8.92. The van der Waals surface area contributed by atoms with E-state index in [1.165, 1.54) is 6.92 Å². The maximum absolute atomic E-state index is 12.2. The third-order valence-electron chi connectivity index (χ3n) is 2.66. The third-order valence-corrected chi connectivity index (χ3v) is 3.71. The zero-order valence-electron chi connectivity index (χ0n) is 14.8. The molecule has 0 radical (unpaired) electrons. The van der Waals surface area contributed by atoms with E-state index in [1.54, 1.807) is 34.6 Å². The van der Waals surface area contributed by atoms with Crippen LogP contribution in [0.4, 0.5) is 4.79 Å². The molecule has 0 unspecified atom stereocenters. The fourth-order valence-corrected chi connectivity index (χ4v) is 2.38. The number of thioether (sulfide) groups is 1. The Labute approximate surface area is 146 Å². The Morgan fingerprint density at radius 3 is 2.17 bits per heavy atom. The van der Waals surface area contributed by atoms with Crippen molar-refractivity contribution < 1.29 is 33.4 Å². The van der Waals surface area contributed by atoms with E-state index in [9.17, 15) is 19.2 Å². The van der Waals surface area contributed by atoms with E-state index in [2.05, 4.69) is 10.1 Å². The van der Waals surface area contributed by atoms with Crippen LogP contribution in [-0.4, -0.2) is 46.8 Å². The Hall–Kier alpha value is -1.77. The summed E-state index contributed by atoms with van der Waals surface area (Å²) in [6, 6.07) is -1.05. The summed E-state index contributed by atoms with van der Waals surface area (Å²) in [7, 11) is 0. The highest BCUT2D eigenvalue weighted by molar-refractivity contribution is 8.14. The van der Waals surface area contributed by atoms with Crippen LogP contribution in [0.3, 0.4) is 0 Å². The molecular weight excluding hydrogens is 338 g/mol. The fourth-order valence-electron chi connectivity index (χ4n) is 1.57. The number of carbonyl (C=O) groups excluding carboxylic acids is 4. The molecule has 1 amide bonds. The molecule has 0 saturated heterocycles. The summed E-state index contributed by atoms with van der Waals surface area (Å²) < 4.78 is 13.5. The molecule has 8 nitrogen and oxygen atoms in total. The van der Waals surface area contributed by atoms with Crippen LogP contribution in [0.25, 0.3) is 0 Å². The number of nitrogens with one attached hydrogen (secondary N) is 1. The van der Waals surface area contributed by atoms with Crippen LogP contribution >= 0.6 is 11.8 Å². The van der Waals surface area contributed by atoms with Gasteiger partial charge in [-0.3, -0.25) is 9.59 Å². The van der Waals surface area contributed by atoms with Crippen molar-refractivity contribution in [3.63, 3.8) is 0 Å². The first-order chi connectivity index (χ1) is 11.0. The van der Waals surface area contributed by atoms with E-state index in [1.807, 2.05) is 0 Å². The van der Waals surface area contributed by atoms with Crippen LogP contribution in [0.5, 0.6) is 0 Å². The molecule has 1 atom stereocenters. The first kappa shape index (κ1) is 22.2. The SMILES string of the molecule is CCC(=O)OCOC(=O)SC(C)(C)[C@@H](NC(C)=O)C(=O)OC(C)C. The standard InChI is InChI=1S/C15H25NO7S/c1-7-11(18)21-8-22-14(20)24-15(5,6)12(16-10(4)17)13(19)23-9(2)3/h9,12H,7-8H2,1-6H3,(H,16,17)/t12-/m0/s1. The molecule has 0 fully saturated rings. The topological polar surface area (TPSA) is 108 Å². The van der Waals surface area contributed by atoms with Crippen LogP contribution < -0.4 is 5.32 Å². The number of hydrogen-bond donors (Lipinski definition) is 1. The molecule has 24 heavy (non-hydrogen) atoms. The molecule has 0 aromatic rings. The van der Waals surface area contributed by atoms with Crippen LogP contribution in [-0.2, 0) is 28.6 Å². The maximum atomic E-state index is 12.2. The van der Waals surface area contributed by atoms with E-state index in [-0.39, 0.29) is 12.5 Å². The van der Waals surface area contributed by atoms with Crippen LogP contribution in [0.2, 0.25) is 0 Å². The van der Waals surface area contributed by atoms with E-state index in [0.29, 0.717) is 11.8 Å². The van der Waals surface area contributed by atoms with Gasteiger partial charge in [0.05, 0.1) is 10.9 Å². The first-order valence-corrected chi connectivity index (χ1v) is 8.30. The van der Waals surface area contributed by atoms with Crippen LogP contribution in [0.1, 0.15) is 48.0 Å². The Kier molecular flexibility index (Phi) is 9.42. The lowest BCUT2D eigenvalue weighted by atomic mass is 10.0. The Morgan fingerprint density at radius 1 is 1.12 bits per heavy atom. The van der Waals surface area contributed by atoms with Gasteiger partial charge in [0.25, 0.3) is 0 Å². The number of ether oxygens (including phenoxy) is 3. The highest BCUT2D eigenvalue weighted by Gasteiger charge is 2.40. The molecule has 0 spiro atoms. The molecule has 0 aliphatic carbocycles. The predicted molar refractivity (Wildman–Crippen MR) is 88.2 cm³/mol. The minimum Gasteiger partial charge on any atom is -0.461 e. The van der Waals surface area contributed by atoms with Gasteiger partial charge in [-0.2, -0.15) is 0 Å². The van der Waals surface area contributed by atoms with Gasteiger partial charge in [0, 0.05) is 13.3 Å². The molecule has 0 aliphatic heterocycles. The molecule has 0 saturated carbocycles. The molecule has 0 rings (SSSR count). The van der Waals surface area contributed by atoms with Gasteiger partial charge in [-0.05, 0) is 39.5 Å². The smallest absolute Gasteiger partial charge is 0.370 e. The molecule has 0 aromatic carbocycles. The van der Waals surface area contributed by atoms with Gasteiger partial charge in [0.1, 0.15) is 6.04 Å². The predicted octanol–water partition coefficient (Wildman–Crippen LogP) is 2.00. The average molecular weight is 363 g/mol. The maximum Gasteiger partial charge on any atom is 0.370 e. The summed E-state index contributed by atoms with van der Waals surface area (Å²) in [4.78, 5) is 46.4. The van der Waals surface area contributed by atoms with E-state index < -0.39 is 40.7 Å². The fraction of sp³-hybridized carbons (Fsp3) is 0.733. The lowest BCUT2D eigenvalue weighted by Gasteiger charge is -2.31. The van der Waals surface area contributed by atoms with Crippen molar-refractivity contribution in [2.45, 2.75) is 64.9 Å². The van der Waals surface area contributed by atoms with Crippen molar-refractivity contribution >= 4 is 34.9 Å². The Morgan fingerprint density at radius 2 is 1.71 bits per heavy atom. The van der Waals surface area contributed by atoms with E-state index in [0.717, 1.165) is 0 Å². The number of amides is 1. The molecule has 9 heteroatoms. The molecule has 138 valence electrons. The Bertz CT molecular complexity index is 476. The van der Waals surface area contributed by atoms with Gasteiger partial charge in [-0.25, -0.2) is 9.59 Å². The molecular formula is C15H25NO7S. The van der Waals surface area contributed by atoms with Crippen LogP contribution in [0.15, 0.2) is 0 Å². The molecule has 0 aromatic heterocycles. The molecule has 0 bridgehead atoms. The Balaban J connectivity index is 4.84. The van der Waals surface area contributed by atoms with Crippen molar-refractivity contribution in [1.82, 2.24) is 5.32 Å². The summed E-state index contributed by atoms with van der Waals surface area (Å²) in [6.07, 6.45) is -0.197. The van der Waals surface area contributed by atoms with Gasteiger partial charge in [0.2, 0.25) is 12.7 Å². The first-order valence-electron chi connectivity index (χ1n) is 7.48. The lowest BCUT2D eigenvalue weighted by molar-refractivity contribution is -0.152. The number of hydrogen-bond acceptors (Lipinski definition) is 8. The van der Waals surface area contributed by atoms with Gasteiger partial charge < -0.3 is 19.5 Å². The normalized spacial score (nSPS) is 12.3. The summed E-state index contributed by atoms with van der Waals surface area (Å²) in [5, 5.41) is 1.75. The summed E-state index contributed by atoms with van der Waals surface area (Å²) in [5.41, 5.74) is 0. The minimum atomic E-state index is -1.05. The second kappa shape index (κ2) is 10.2.